The number of hydrazone groups is 1. The Labute approximate surface area is 139 Å². The molecule has 0 aromatic heterocycles. The predicted molar refractivity (Wildman–Crippen MR) is 89.2 cm³/mol. The van der Waals surface area contributed by atoms with Gasteiger partial charge in [-0.1, -0.05) is 24.3 Å². The number of hydrogen-bond acceptors (Lipinski definition) is 5. The number of nitrogens with zero attached hydrogens (tertiary/aromatic N) is 1. The van der Waals surface area contributed by atoms with Gasteiger partial charge in [0.05, 0.1) is 25.4 Å². The second kappa shape index (κ2) is 8.33. The summed E-state index contributed by atoms with van der Waals surface area (Å²) in [5, 5.41) is 15.8. The molecule has 24 heavy (non-hydrogen) atoms. The second-order valence-corrected chi connectivity index (χ2v) is 4.73. The van der Waals surface area contributed by atoms with Crippen molar-refractivity contribution in [3.63, 3.8) is 0 Å². The summed E-state index contributed by atoms with van der Waals surface area (Å²) in [4.78, 5) is 23.7. The first kappa shape index (κ1) is 17.0. The largest absolute Gasteiger partial charge is 0.507 e. The molecule has 2 aromatic rings. The molecule has 0 radical (unpaired) electrons. The lowest BCUT2D eigenvalue weighted by atomic mass is 10.2. The van der Waals surface area contributed by atoms with E-state index in [1.165, 1.54) is 19.4 Å². The minimum atomic E-state index is -0.495. The van der Waals surface area contributed by atoms with E-state index < -0.39 is 11.8 Å². The molecule has 2 rings (SSSR count). The molecule has 0 aliphatic carbocycles. The van der Waals surface area contributed by atoms with Gasteiger partial charge in [-0.15, -0.1) is 0 Å². The minimum Gasteiger partial charge on any atom is -0.507 e. The number of hydrogen-bond donors (Lipinski definition) is 3. The number of carbonyl (C=O) groups is 2. The molecule has 2 amide bonds. The zero-order valence-electron chi connectivity index (χ0n) is 13.0. The number of amides is 2. The average molecular weight is 327 g/mol. The van der Waals surface area contributed by atoms with Crippen molar-refractivity contribution >= 4 is 18.0 Å². The summed E-state index contributed by atoms with van der Waals surface area (Å²) in [6.45, 7) is -0.241. The van der Waals surface area contributed by atoms with Crippen LogP contribution in [0.2, 0.25) is 0 Å². The molecule has 0 aliphatic heterocycles. The van der Waals surface area contributed by atoms with E-state index in [4.69, 9.17) is 4.74 Å². The number of benzene rings is 2. The number of carbonyl (C=O) groups excluding carboxylic acids is 2. The standard InChI is InChI=1S/C17H17N3O4/c1-24-15-9-5-3-7-13(15)17(23)18-11-16(22)20-19-10-12-6-2-4-8-14(12)21/h2-10,21H,11H2,1H3,(H,18,23)(H,20,22)/b19-10+. The van der Waals surface area contributed by atoms with Crippen LogP contribution < -0.4 is 15.5 Å². The van der Waals surface area contributed by atoms with Gasteiger partial charge in [0.15, 0.2) is 0 Å². The van der Waals surface area contributed by atoms with Crippen LogP contribution in [-0.2, 0) is 4.79 Å². The van der Waals surface area contributed by atoms with Gasteiger partial charge in [0.25, 0.3) is 11.8 Å². The second-order valence-electron chi connectivity index (χ2n) is 4.73. The van der Waals surface area contributed by atoms with E-state index in [9.17, 15) is 14.7 Å². The van der Waals surface area contributed by atoms with Gasteiger partial charge in [0.2, 0.25) is 0 Å². The van der Waals surface area contributed by atoms with Crippen LogP contribution in [0.15, 0.2) is 53.6 Å². The van der Waals surface area contributed by atoms with Crippen molar-refractivity contribution in [2.24, 2.45) is 5.10 Å². The van der Waals surface area contributed by atoms with E-state index in [-0.39, 0.29) is 12.3 Å². The normalized spacial score (nSPS) is 10.4. The maximum atomic E-state index is 12.0. The van der Waals surface area contributed by atoms with Crippen molar-refractivity contribution in [1.82, 2.24) is 10.7 Å². The Morgan fingerprint density at radius 1 is 1.17 bits per heavy atom. The van der Waals surface area contributed by atoms with E-state index in [2.05, 4.69) is 15.8 Å². The minimum absolute atomic E-state index is 0.0555. The Bertz CT molecular complexity index is 759. The lowest BCUT2D eigenvalue weighted by molar-refractivity contribution is -0.120. The molecule has 0 fully saturated rings. The monoisotopic (exact) mass is 327 g/mol. The Kier molecular flexibility index (Phi) is 5.90. The lowest BCUT2D eigenvalue weighted by Crippen LogP contribution is -2.35. The third-order valence-electron chi connectivity index (χ3n) is 3.09. The highest BCUT2D eigenvalue weighted by atomic mass is 16.5. The van der Waals surface area contributed by atoms with Gasteiger partial charge in [-0.25, -0.2) is 5.43 Å². The van der Waals surface area contributed by atoms with Crippen LogP contribution in [0.25, 0.3) is 0 Å². The quantitative estimate of drug-likeness (QED) is 0.549. The summed E-state index contributed by atoms with van der Waals surface area (Å²) in [7, 11) is 1.46. The Balaban J connectivity index is 1.85. The lowest BCUT2D eigenvalue weighted by Gasteiger charge is -2.08. The zero-order valence-corrected chi connectivity index (χ0v) is 13.0. The Morgan fingerprint density at radius 3 is 2.62 bits per heavy atom. The van der Waals surface area contributed by atoms with Crippen molar-refractivity contribution in [3.8, 4) is 11.5 Å². The smallest absolute Gasteiger partial charge is 0.259 e. The topological polar surface area (TPSA) is 100 Å². The van der Waals surface area contributed by atoms with Crippen molar-refractivity contribution in [3.05, 3.63) is 59.7 Å². The maximum Gasteiger partial charge on any atom is 0.259 e. The maximum absolute atomic E-state index is 12.0. The van der Waals surface area contributed by atoms with Gasteiger partial charge in [0, 0.05) is 5.56 Å². The van der Waals surface area contributed by atoms with Crippen molar-refractivity contribution < 1.29 is 19.4 Å². The molecule has 0 aliphatic rings. The van der Waals surface area contributed by atoms with Gasteiger partial charge in [-0.05, 0) is 24.3 Å². The first-order valence-electron chi connectivity index (χ1n) is 7.13. The fourth-order valence-electron chi connectivity index (χ4n) is 1.90. The Hall–Kier alpha value is -3.35. The molecule has 0 unspecified atom stereocenters. The van der Waals surface area contributed by atoms with E-state index in [1.807, 2.05) is 0 Å². The molecule has 0 atom stereocenters. The third-order valence-corrected chi connectivity index (χ3v) is 3.09. The van der Waals surface area contributed by atoms with Gasteiger partial charge in [0.1, 0.15) is 11.5 Å². The number of phenolic OH excluding ortho intramolecular Hbond substituents is 1. The number of rotatable bonds is 6. The molecule has 3 N–H and O–H groups in total. The van der Waals surface area contributed by atoms with Crippen LogP contribution in [0.5, 0.6) is 11.5 Å². The molecule has 7 heteroatoms. The van der Waals surface area contributed by atoms with Gasteiger partial charge >= 0.3 is 0 Å². The number of methoxy groups -OCH3 is 1. The Morgan fingerprint density at radius 2 is 1.88 bits per heavy atom. The van der Waals surface area contributed by atoms with E-state index >= 15 is 0 Å². The van der Waals surface area contributed by atoms with Crippen LogP contribution >= 0.6 is 0 Å². The molecule has 0 spiro atoms. The number of para-hydroxylation sites is 2. The van der Waals surface area contributed by atoms with Crippen LogP contribution in [-0.4, -0.2) is 36.8 Å². The highest BCUT2D eigenvalue weighted by Gasteiger charge is 2.12. The van der Waals surface area contributed by atoms with Crippen molar-refractivity contribution in [1.29, 1.82) is 0 Å². The van der Waals surface area contributed by atoms with Crippen LogP contribution in [0.4, 0.5) is 0 Å². The first-order valence-corrected chi connectivity index (χ1v) is 7.13. The summed E-state index contributed by atoms with van der Waals surface area (Å²) >= 11 is 0. The van der Waals surface area contributed by atoms with Crippen molar-refractivity contribution in [2.75, 3.05) is 13.7 Å². The molecule has 0 saturated heterocycles. The fraction of sp³-hybridized carbons (Fsp3) is 0.118. The number of nitrogens with one attached hydrogen (secondary N) is 2. The summed E-state index contributed by atoms with van der Waals surface area (Å²) in [5.41, 5.74) is 3.07. The molecule has 0 heterocycles. The summed E-state index contributed by atoms with van der Waals surface area (Å²) < 4.78 is 5.09. The molecule has 0 saturated carbocycles. The molecule has 7 nitrogen and oxygen atoms in total. The van der Waals surface area contributed by atoms with Gasteiger partial charge in [-0.3, -0.25) is 9.59 Å². The summed E-state index contributed by atoms with van der Waals surface area (Å²) in [6.07, 6.45) is 1.31. The molecular weight excluding hydrogens is 310 g/mol. The van der Waals surface area contributed by atoms with Gasteiger partial charge in [-0.2, -0.15) is 5.10 Å². The highest BCUT2D eigenvalue weighted by molar-refractivity contribution is 5.98. The van der Waals surface area contributed by atoms with Crippen LogP contribution in [0, 0.1) is 0 Å². The van der Waals surface area contributed by atoms with Crippen LogP contribution in [0.3, 0.4) is 0 Å². The van der Waals surface area contributed by atoms with E-state index in [0.29, 0.717) is 16.9 Å². The zero-order chi connectivity index (χ0) is 17.4. The number of aromatic hydroxyl groups is 1. The van der Waals surface area contributed by atoms with Gasteiger partial charge < -0.3 is 15.2 Å². The molecule has 2 aromatic carbocycles. The SMILES string of the molecule is COc1ccccc1C(=O)NCC(=O)N/N=C/c1ccccc1O. The molecule has 0 bridgehead atoms. The number of phenols is 1. The molecular formula is C17H17N3O4. The fourth-order valence-corrected chi connectivity index (χ4v) is 1.90. The van der Waals surface area contributed by atoms with Crippen molar-refractivity contribution in [2.45, 2.75) is 0 Å². The summed E-state index contributed by atoms with van der Waals surface area (Å²) in [5.74, 6) is -0.440. The highest BCUT2D eigenvalue weighted by Crippen LogP contribution is 2.16. The average Bonchev–Trinajstić information content (AvgIpc) is 2.61. The number of ether oxygens (including phenoxy) is 1. The summed E-state index contributed by atoms with van der Waals surface area (Å²) in [6, 6.07) is 13.3. The predicted octanol–water partition coefficient (Wildman–Crippen LogP) is 1.28. The molecule has 124 valence electrons. The van der Waals surface area contributed by atoms with E-state index in [0.717, 1.165) is 0 Å². The third kappa shape index (κ3) is 4.57. The first-order chi connectivity index (χ1) is 11.6. The van der Waals surface area contributed by atoms with E-state index in [1.54, 1.807) is 42.5 Å². The van der Waals surface area contributed by atoms with Crippen LogP contribution in [0.1, 0.15) is 15.9 Å².